The molecule has 7 heteroatoms. The standard InChI is InChI=1S/C20H14BrNO4S/c21-14-5-3-13(4-6-14)20-17(10-19(23)24)27-18(22-20)8-2-12-1-7-15-16(9-12)26-11-25-15/h1-9H,10-11H2,(H,23,24)/b8-2+. The third-order valence-corrected chi connectivity index (χ3v) is 5.51. The summed E-state index contributed by atoms with van der Waals surface area (Å²) in [5, 5.41) is 9.97. The highest BCUT2D eigenvalue weighted by molar-refractivity contribution is 9.10. The lowest BCUT2D eigenvalue weighted by Gasteiger charge is -2.00. The molecule has 5 nitrogen and oxygen atoms in total. The Kier molecular flexibility index (Phi) is 4.96. The van der Waals surface area contributed by atoms with Crippen molar-refractivity contribution in [2.45, 2.75) is 6.42 Å². The number of aliphatic carboxylic acids is 1. The Labute approximate surface area is 168 Å². The summed E-state index contributed by atoms with van der Waals surface area (Å²) in [5.74, 6) is 0.587. The van der Waals surface area contributed by atoms with Crippen LogP contribution in [0.25, 0.3) is 23.4 Å². The topological polar surface area (TPSA) is 68.7 Å². The molecular weight excluding hydrogens is 430 g/mol. The summed E-state index contributed by atoms with van der Waals surface area (Å²) in [5.41, 5.74) is 2.56. The molecule has 1 aliphatic heterocycles. The number of fused-ring (bicyclic) bond motifs is 1. The molecule has 0 saturated carbocycles. The smallest absolute Gasteiger partial charge is 0.308 e. The zero-order valence-electron chi connectivity index (χ0n) is 14.0. The summed E-state index contributed by atoms with van der Waals surface area (Å²) >= 11 is 4.80. The van der Waals surface area contributed by atoms with Crippen molar-refractivity contribution in [3.8, 4) is 22.8 Å². The molecule has 1 N–H and O–H groups in total. The van der Waals surface area contributed by atoms with Gasteiger partial charge < -0.3 is 14.6 Å². The average Bonchev–Trinajstić information content (AvgIpc) is 3.26. The minimum Gasteiger partial charge on any atom is -0.481 e. The Morgan fingerprint density at radius 1 is 1.15 bits per heavy atom. The van der Waals surface area contributed by atoms with Crippen LogP contribution in [0.4, 0.5) is 0 Å². The van der Waals surface area contributed by atoms with E-state index in [9.17, 15) is 9.90 Å². The summed E-state index contributed by atoms with van der Waals surface area (Å²) in [6, 6.07) is 13.4. The fourth-order valence-electron chi connectivity index (χ4n) is 2.72. The fourth-order valence-corrected chi connectivity index (χ4v) is 3.96. The van der Waals surface area contributed by atoms with Crippen LogP contribution in [0.15, 0.2) is 46.9 Å². The van der Waals surface area contributed by atoms with Gasteiger partial charge in [0.05, 0.1) is 12.1 Å². The van der Waals surface area contributed by atoms with Gasteiger partial charge in [-0.2, -0.15) is 0 Å². The van der Waals surface area contributed by atoms with Gasteiger partial charge in [0.15, 0.2) is 11.5 Å². The maximum absolute atomic E-state index is 11.2. The van der Waals surface area contributed by atoms with Gasteiger partial charge in [0, 0.05) is 14.9 Å². The van der Waals surface area contributed by atoms with Gasteiger partial charge in [0.1, 0.15) is 5.01 Å². The van der Waals surface area contributed by atoms with E-state index in [1.54, 1.807) is 0 Å². The van der Waals surface area contributed by atoms with Crippen LogP contribution in [-0.4, -0.2) is 22.9 Å². The van der Waals surface area contributed by atoms with E-state index in [0.29, 0.717) is 5.69 Å². The molecule has 0 fully saturated rings. The molecule has 27 heavy (non-hydrogen) atoms. The van der Waals surface area contributed by atoms with Gasteiger partial charge in [-0.05, 0) is 35.9 Å². The van der Waals surface area contributed by atoms with E-state index in [2.05, 4.69) is 20.9 Å². The second kappa shape index (κ2) is 7.54. The molecule has 1 aromatic heterocycles. The number of thiazole rings is 1. The number of aromatic nitrogens is 1. The van der Waals surface area contributed by atoms with Crippen LogP contribution < -0.4 is 9.47 Å². The van der Waals surface area contributed by atoms with Crippen molar-refractivity contribution in [2.24, 2.45) is 0 Å². The minimum atomic E-state index is -0.872. The highest BCUT2D eigenvalue weighted by Gasteiger charge is 2.15. The number of hydrogen-bond donors (Lipinski definition) is 1. The van der Waals surface area contributed by atoms with E-state index in [1.165, 1.54) is 11.3 Å². The second-order valence-corrected chi connectivity index (χ2v) is 7.88. The van der Waals surface area contributed by atoms with E-state index in [4.69, 9.17) is 9.47 Å². The molecule has 0 amide bonds. The quantitative estimate of drug-likeness (QED) is 0.593. The zero-order chi connectivity index (χ0) is 18.8. The van der Waals surface area contributed by atoms with E-state index in [1.807, 2.05) is 54.6 Å². The third-order valence-electron chi connectivity index (χ3n) is 3.96. The SMILES string of the molecule is O=C(O)Cc1sc(/C=C/c2ccc3c(c2)OCO3)nc1-c1ccc(Br)cc1. The molecule has 1 aliphatic rings. The normalized spacial score (nSPS) is 12.6. The van der Waals surface area contributed by atoms with Gasteiger partial charge >= 0.3 is 5.97 Å². The lowest BCUT2D eigenvalue weighted by molar-refractivity contribution is -0.136. The van der Waals surface area contributed by atoms with Crippen molar-refractivity contribution < 1.29 is 19.4 Å². The monoisotopic (exact) mass is 443 g/mol. The minimum absolute atomic E-state index is 0.0546. The number of ether oxygens (including phenoxy) is 2. The zero-order valence-corrected chi connectivity index (χ0v) is 16.4. The Morgan fingerprint density at radius 3 is 2.70 bits per heavy atom. The van der Waals surface area contributed by atoms with Gasteiger partial charge in [-0.3, -0.25) is 4.79 Å². The van der Waals surface area contributed by atoms with E-state index in [0.717, 1.165) is 37.0 Å². The molecule has 0 saturated heterocycles. The van der Waals surface area contributed by atoms with Crippen molar-refractivity contribution in [3.05, 3.63) is 62.4 Å². The van der Waals surface area contributed by atoms with Crippen LogP contribution in [0.5, 0.6) is 11.5 Å². The van der Waals surface area contributed by atoms with Crippen LogP contribution >= 0.6 is 27.3 Å². The largest absolute Gasteiger partial charge is 0.481 e. The number of carboxylic acids is 1. The summed E-state index contributed by atoms with van der Waals surface area (Å²) in [4.78, 5) is 16.6. The molecule has 3 aromatic rings. The average molecular weight is 444 g/mol. The van der Waals surface area contributed by atoms with Crippen molar-refractivity contribution in [3.63, 3.8) is 0 Å². The number of benzene rings is 2. The number of rotatable bonds is 5. The van der Waals surface area contributed by atoms with Gasteiger partial charge in [-0.15, -0.1) is 11.3 Å². The number of carbonyl (C=O) groups is 1. The van der Waals surface area contributed by atoms with Crippen LogP contribution in [0, 0.1) is 0 Å². The molecule has 2 heterocycles. The Balaban J connectivity index is 1.64. The van der Waals surface area contributed by atoms with Crippen LogP contribution in [0.2, 0.25) is 0 Å². The fraction of sp³-hybridized carbons (Fsp3) is 0.100. The van der Waals surface area contributed by atoms with Crippen molar-refractivity contribution >= 4 is 45.4 Å². The highest BCUT2D eigenvalue weighted by atomic mass is 79.9. The number of nitrogens with zero attached hydrogens (tertiary/aromatic N) is 1. The summed E-state index contributed by atoms with van der Waals surface area (Å²) in [6.07, 6.45) is 3.76. The van der Waals surface area contributed by atoms with Crippen molar-refractivity contribution in [1.82, 2.24) is 4.98 Å². The molecule has 0 atom stereocenters. The Morgan fingerprint density at radius 2 is 1.93 bits per heavy atom. The van der Waals surface area contributed by atoms with E-state index >= 15 is 0 Å². The molecule has 136 valence electrons. The van der Waals surface area contributed by atoms with E-state index < -0.39 is 5.97 Å². The van der Waals surface area contributed by atoms with Gasteiger partial charge in [-0.25, -0.2) is 4.98 Å². The predicted octanol–water partition coefficient (Wildman–Crippen LogP) is 5.10. The van der Waals surface area contributed by atoms with Gasteiger partial charge in [0.2, 0.25) is 6.79 Å². The maximum Gasteiger partial charge on any atom is 0.308 e. The predicted molar refractivity (Wildman–Crippen MR) is 108 cm³/mol. The van der Waals surface area contributed by atoms with Crippen molar-refractivity contribution in [1.29, 1.82) is 0 Å². The molecule has 0 spiro atoms. The van der Waals surface area contributed by atoms with Crippen LogP contribution in [-0.2, 0) is 11.2 Å². The first-order valence-electron chi connectivity index (χ1n) is 8.13. The Bertz CT molecular complexity index is 1030. The summed E-state index contributed by atoms with van der Waals surface area (Å²) < 4.78 is 11.7. The first-order valence-corrected chi connectivity index (χ1v) is 9.74. The number of halogens is 1. The van der Waals surface area contributed by atoms with Gasteiger partial charge in [0.25, 0.3) is 0 Å². The number of carboxylic acid groups (broad SMARTS) is 1. The first kappa shape index (κ1) is 17.8. The van der Waals surface area contributed by atoms with E-state index in [-0.39, 0.29) is 13.2 Å². The molecule has 0 aliphatic carbocycles. The lowest BCUT2D eigenvalue weighted by Crippen LogP contribution is -1.99. The molecule has 2 aromatic carbocycles. The highest BCUT2D eigenvalue weighted by Crippen LogP contribution is 2.34. The molecule has 0 radical (unpaired) electrons. The maximum atomic E-state index is 11.2. The van der Waals surface area contributed by atoms with Gasteiger partial charge in [-0.1, -0.05) is 40.2 Å². The molecule has 0 bridgehead atoms. The van der Waals surface area contributed by atoms with Crippen molar-refractivity contribution in [2.75, 3.05) is 6.79 Å². The third kappa shape index (κ3) is 4.04. The first-order chi connectivity index (χ1) is 13.1. The van der Waals surface area contributed by atoms with Crippen LogP contribution in [0.1, 0.15) is 15.4 Å². The lowest BCUT2D eigenvalue weighted by atomic mass is 10.1. The van der Waals surface area contributed by atoms with Crippen LogP contribution in [0.3, 0.4) is 0 Å². The Hall–Kier alpha value is -2.64. The number of hydrogen-bond acceptors (Lipinski definition) is 5. The molecular formula is C20H14BrNO4S. The summed E-state index contributed by atoms with van der Waals surface area (Å²) in [7, 11) is 0. The molecule has 4 rings (SSSR count). The molecule has 0 unspecified atom stereocenters. The summed E-state index contributed by atoms with van der Waals surface area (Å²) in [6.45, 7) is 0.240. The second-order valence-electron chi connectivity index (χ2n) is 5.85.